The lowest BCUT2D eigenvalue weighted by Crippen LogP contribution is -2.33. The zero-order valence-electron chi connectivity index (χ0n) is 16.9. The number of fused-ring (bicyclic) bond motifs is 2. The smallest absolute Gasteiger partial charge is 0.264 e. The Kier molecular flexibility index (Phi) is 4.89. The number of nitrogens with zero attached hydrogens (tertiary/aromatic N) is 4. The molecule has 4 aromatic rings. The van der Waals surface area contributed by atoms with E-state index in [-0.39, 0.29) is 23.4 Å². The number of H-pyrrole nitrogens is 1. The first kappa shape index (κ1) is 20.2. The van der Waals surface area contributed by atoms with Gasteiger partial charge < -0.3 is 11.1 Å². The highest BCUT2D eigenvalue weighted by atomic mass is 32.2. The van der Waals surface area contributed by atoms with E-state index in [2.05, 4.69) is 25.5 Å². The van der Waals surface area contributed by atoms with Gasteiger partial charge in [0.25, 0.3) is 10.0 Å². The summed E-state index contributed by atoms with van der Waals surface area (Å²) in [4.78, 5) is 8.34. The van der Waals surface area contributed by atoms with Gasteiger partial charge in [-0.2, -0.15) is 15.1 Å². The van der Waals surface area contributed by atoms with Gasteiger partial charge in [-0.3, -0.25) is 9.40 Å². The zero-order chi connectivity index (χ0) is 22.3. The summed E-state index contributed by atoms with van der Waals surface area (Å²) in [5.74, 6) is 0.0398. The Hall–Kier alpha value is -3.73. The Morgan fingerprint density at radius 3 is 2.84 bits per heavy atom. The van der Waals surface area contributed by atoms with E-state index < -0.39 is 15.8 Å². The highest BCUT2D eigenvalue weighted by Crippen LogP contribution is 2.32. The van der Waals surface area contributed by atoms with Crippen molar-refractivity contribution >= 4 is 38.5 Å². The molecule has 3 heterocycles. The lowest BCUT2D eigenvalue weighted by atomic mass is 10.0. The molecule has 0 aliphatic carbocycles. The molecular formula is C21H20FN7O2S. The van der Waals surface area contributed by atoms with Crippen molar-refractivity contribution in [2.24, 2.45) is 0 Å². The predicted octanol–water partition coefficient (Wildman–Crippen LogP) is 2.70. The molecular weight excluding hydrogens is 433 g/mol. The standard InChI is InChI=1S/C21H20FN7O2S/c22-14-5-3-6-16(11-14)32(30,31)29-9-8-15(10-13-4-1-2-7-18(13)29)25-19-17-12-24-28-20(17)27-21(23)26-19/h1-7,11-12,15H,8-10H2,(H4,23,24,25,26,27,28). The van der Waals surface area contributed by atoms with Crippen LogP contribution < -0.4 is 15.4 Å². The molecule has 164 valence electrons. The second kappa shape index (κ2) is 7.75. The number of aromatic nitrogens is 4. The minimum Gasteiger partial charge on any atom is -0.368 e. The van der Waals surface area contributed by atoms with Crippen molar-refractivity contribution < 1.29 is 12.8 Å². The van der Waals surface area contributed by atoms with Gasteiger partial charge in [0.15, 0.2) is 5.65 Å². The first-order valence-corrected chi connectivity index (χ1v) is 11.4. The highest BCUT2D eigenvalue weighted by Gasteiger charge is 2.31. The van der Waals surface area contributed by atoms with E-state index in [1.807, 2.05) is 12.1 Å². The fraction of sp³-hybridized carbons (Fsp3) is 0.190. The van der Waals surface area contributed by atoms with Crippen LogP contribution in [0.4, 0.5) is 21.8 Å². The number of sulfonamides is 1. The Morgan fingerprint density at radius 1 is 1.16 bits per heavy atom. The first-order chi connectivity index (χ1) is 15.4. The molecule has 1 aliphatic heterocycles. The third kappa shape index (κ3) is 3.60. The lowest BCUT2D eigenvalue weighted by molar-refractivity contribution is 0.583. The summed E-state index contributed by atoms with van der Waals surface area (Å²) < 4.78 is 41.9. The van der Waals surface area contributed by atoms with E-state index in [0.29, 0.717) is 35.4 Å². The molecule has 0 saturated carbocycles. The maximum Gasteiger partial charge on any atom is 0.264 e. The number of rotatable bonds is 4. The average Bonchev–Trinajstić information content (AvgIpc) is 3.15. The SMILES string of the molecule is Nc1nc(NC2CCN(S(=O)(=O)c3cccc(F)c3)c3ccccc3C2)c2cn[nH]c2n1. The van der Waals surface area contributed by atoms with Crippen LogP contribution in [-0.4, -0.2) is 41.2 Å². The molecule has 0 spiro atoms. The Morgan fingerprint density at radius 2 is 2.00 bits per heavy atom. The summed E-state index contributed by atoms with van der Waals surface area (Å²) in [6.07, 6.45) is 2.67. The van der Waals surface area contributed by atoms with Gasteiger partial charge in [-0.15, -0.1) is 0 Å². The minimum atomic E-state index is -3.95. The predicted molar refractivity (Wildman–Crippen MR) is 119 cm³/mol. The van der Waals surface area contributed by atoms with Crippen molar-refractivity contribution in [3.05, 3.63) is 66.1 Å². The van der Waals surface area contributed by atoms with Crippen LogP contribution in [0.3, 0.4) is 0 Å². The van der Waals surface area contributed by atoms with Crippen LogP contribution in [-0.2, 0) is 16.4 Å². The second-order valence-corrected chi connectivity index (χ2v) is 9.42. The van der Waals surface area contributed by atoms with E-state index in [1.54, 1.807) is 18.3 Å². The molecule has 2 aromatic carbocycles. The molecule has 2 aromatic heterocycles. The molecule has 1 unspecified atom stereocenters. The minimum absolute atomic E-state index is 0.0811. The molecule has 5 rings (SSSR count). The molecule has 1 aliphatic rings. The van der Waals surface area contributed by atoms with E-state index in [0.717, 1.165) is 11.6 Å². The van der Waals surface area contributed by atoms with Crippen molar-refractivity contribution in [2.75, 3.05) is 21.9 Å². The van der Waals surface area contributed by atoms with Crippen molar-refractivity contribution in [3.63, 3.8) is 0 Å². The van der Waals surface area contributed by atoms with Crippen LogP contribution in [0.25, 0.3) is 11.0 Å². The van der Waals surface area contributed by atoms with Gasteiger partial charge in [-0.05, 0) is 42.7 Å². The molecule has 0 fully saturated rings. The van der Waals surface area contributed by atoms with Crippen molar-refractivity contribution in [1.29, 1.82) is 0 Å². The fourth-order valence-electron chi connectivity index (χ4n) is 3.97. The van der Waals surface area contributed by atoms with Crippen molar-refractivity contribution in [3.8, 4) is 0 Å². The number of aromatic amines is 1. The van der Waals surface area contributed by atoms with E-state index >= 15 is 0 Å². The summed E-state index contributed by atoms with van der Waals surface area (Å²) in [5, 5.41) is 10.8. The van der Waals surface area contributed by atoms with Crippen LogP contribution in [0.5, 0.6) is 0 Å². The van der Waals surface area contributed by atoms with Crippen LogP contribution in [0, 0.1) is 5.82 Å². The maximum absolute atomic E-state index is 13.8. The summed E-state index contributed by atoms with van der Waals surface area (Å²) >= 11 is 0. The number of benzene rings is 2. The molecule has 0 bridgehead atoms. The Balaban J connectivity index is 1.50. The van der Waals surface area contributed by atoms with Gasteiger partial charge in [0.2, 0.25) is 5.95 Å². The van der Waals surface area contributed by atoms with Gasteiger partial charge in [-0.1, -0.05) is 24.3 Å². The van der Waals surface area contributed by atoms with E-state index in [4.69, 9.17) is 5.73 Å². The van der Waals surface area contributed by atoms with E-state index in [9.17, 15) is 12.8 Å². The normalized spacial score (nSPS) is 16.5. The van der Waals surface area contributed by atoms with Crippen LogP contribution in [0.1, 0.15) is 12.0 Å². The van der Waals surface area contributed by atoms with Gasteiger partial charge in [-0.25, -0.2) is 12.8 Å². The number of halogens is 1. The molecule has 11 heteroatoms. The molecule has 9 nitrogen and oxygen atoms in total. The number of nitrogens with two attached hydrogens (primary N) is 1. The number of hydrogen-bond donors (Lipinski definition) is 3. The second-order valence-electron chi connectivity index (χ2n) is 7.56. The van der Waals surface area contributed by atoms with Gasteiger partial charge in [0.05, 0.1) is 22.2 Å². The van der Waals surface area contributed by atoms with Crippen LogP contribution in [0.2, 0.25) is 0 Å². The average molecular weight is 454 g/mol. The molecule has 0 saturated heterocycles. The zero-order valence-corrected chi connectivity index (χ0v) is 17.7. The lowest BCUT2D eigenvalue weighted by Gasteiger charge is -2.24. The molecule has 0 radical (unpaired) electrons. The molecule has 32 heavy (non-hydrogen) atoms. The number of nitrogens with one attached hydrogen (secondary N) is 2. The topological polar surface area (TPSA) is 130 Å². The monoisotopic (exact) mass is 453 g/mol. The Bertz CT molecular complexity index is 1410. The first-order valence-electron chi connectivity index (χ1n) is 10.0. The van der Waals surface area contributed by atoms with Gasteiger partial charge >= 0.3 is 0 Å². The Labute approximate surface area is 183 Å². The summed E-state index contributed by atoms with van der Waals surface area (Å²) in [6.45, 7) is 0.211. The fourth-order valence-corrected chi connectivity index (χ4v) is 5.52. The number of hydrogen-bond acceptors (Lipinski definition) is 7. The maximum atomic E-state index is 13.8. The van der Waals surface area contributed by atoms with Crippen LogP contribution in [0.15, 0.2) is 59.6 Å². The van der Waals surface area contributed by atoms with Crippen molar-refractivity contribution in [2.45, 2.75) is 23.8 Å². The molecule has 4 N–H and O–H groups in total. The van der Waals surface area contributed by atoms with Gasteiger partial charge in [0, 0.05) is 12.6 Å². The number of nitrogen functional groups attached to an aromatic ring is 1. The molecule has 0 amide bonds. The third-order valence-corrected chi connectivity index (χ3v) is 7.27. The number of anilines is 3. The quantitative estimate of drug-likeness (QED) is 0.433. The van der Waals surface area contributed by atoms with E-state index in [1.165, 1.54) is 22.5 Å². The number of para-hydroxylation sites is 1. The summed E-state index contributed by atoms with van der Waals surface area (Å²) in [7, 11) is -3.95. The summed E-state index contributed by atoms with van der Waals surface area (Å²) in [6, 6.07) is 12.3. The highest BCUT2D eigenvalue weighted by molar-refractivity contribution is 7.92. The largest absolute Gasteiger partial charge is 0.368 e. The van der Waals surface area contributed by atoms with Crippen molar-refractivity contribution in [1.82, 2.24) is 20.2 Å². The molecule has 1 atom stereocenters. The van der Waals surface area contributed by atoms with Crippen LogP contribution >= 0.6 is 0 Å². The summed E-state index contributed by atoms with van der Waals surface area (Å²) in [5.41, 5.74) is 7.78. The third-order valence-electron chi connectivity index (χ3n) is 5.46. The van der Waals surface area contributed by atoms with Gasteiger partial charge in [0.1, 0.15) is 11.6 Å².